The van der Waals surface area contributed by atoms with Crippen molar-refractivity contribution in [3.8, 4) is 34.4 Å². The summed E-state index contributed by atoms with van der Waals surface area (Å²) < 4.78 is 18.3. The lowest BCUT2D eigenvalue weighted by Crippen LogP contribution is -2.52. The molecule has 52 heavy (non-hydrogen) atoms. The average molecular weight is 754 g/mol. The lowest BCUT2D eigenvalue weighted by Gasteiger charge is -2.25. The van der Waals surface area contributed by atoms with Gasteiger partial charge in [0.1, 0.15) is 42.1 Å². The van der Waals surface area contributed by atoms with Crippen molar-refractivity contribution < 1.29 is 39.4 Å². The molecule has 0 saturated heterocycles. The quantitative estimate of drug-likeness (QED) is 0.0663. The third-order valence-electron chi connectivity index (χ3n) is 8.43. The van der Waals surface area contributed by atoms with E-state index >= 15 is 0 Å². The third kappa shape index (κ3) is 10.6. The minimum atomic E-state index is -1.61. The normalized spacial score (nSPS) is 12.3. The number of halogens is 2. The number of hydrogen-bond acceptors (Lipinski definition) is 11. The minimum Gasteiger partial charge on any atom is -0.492 e. The predicted molar refractivity (Wildman–Crippen MR) is 197 cm³/mol. The number of aliphatic hydroxyl groups is 3. The van der Waals surface area contributed by atoms with Crippen molar-refractivity contribution in [1.29, 1.82) is 5.26 Å². The summed E-state index contributed by atoms with van der Waals surface area (Å²) in [6, 6.07) is 18.0. The number of rotatable bonds is 20. The maximum Gasteiger partial charge on any atom is 0.326 e. The van der Waals surface area contributed by atoms with Crippen LogP contribution in [-0.4, -0.2) is 75.9 Å². The van der Waals surface area contributed by atoms with Gasteiger partial charge >= 0.3 is 5.97 Å². The van der Waals surface area contributed by atoms with Crippen molar-refractivity contribution in [2.24, 2.45) is 0 Å². The van der Waals surface area contributed by atoms with Crippen molar-refractivity contribution in [3.05, 3.63) is 105 Å². The van der Waals surface area contributed by atoms with E-state index in [1.165, 1.54) is 13.1 Å². The lowest BCUT2D eigenvalue weighted by atomic mass is 9.96. The fourth-order valence-electron chi connectivity index (χ4n) is 5.10. The zero-order valence-corrected chi connectivity index (χ0v) is 30.4. The Morgan fingerprint density at radius 3 is 2.38 bits per heavy atom. The second kappa shape index (κ2) is 19.4. The first kappa shape index (κ1) is 40.3. The summed E-state index contributed by atoms with van der Waals surface area (Å²) in [5.41, 5.74) is 3.42. The van der Waals surface area contributed by atoms with Crippen LogP contribution in [0, 0.1) is 18.3 Å². The van der Waals surface area contributed by atoms with Crippen molar-refractivity contribution >= 4 is 29.2 Å². The molecule has 12 nitrogen and oxygen atoms in total. The average Bonchev–Trinajstić information content (AvgIpc) is 3.15. The van der Waals surface area contributed by atoms with E-state index in [-0.39, 0.29) is 44.0 Å². The van der Waals surface area contributed by atoms with Gasteiger partial charge in [-0.3, -0.25) is 15.1 Å². The standard InChI is InChI=1S/C38H42Cl2N4O8/c1-24-27(6-3-7-30(24)31-8-4-9-33(36(31)40)50-11-5-10-43-29(19-45)20-46)22-52-35-14-34(51-21-26-12-25(15-41)16-42-17-26)28(13-32(35)39)18-44-38(2,23-47)37(48)49/h3-4,6-9,12-14,16-17,29,43-47H,5,10-11,18-23H2,1-2H3,(H,48,49). The Balaban J connectivity index is 1.53. The number of aliphatic hydroxyl groups excluding tert-OH is 3. The van der Waals surface area contributed by atoms with Crippen molar-refractivity contribution in [1.82, 2.24) is 15.6 Å². The number of aromatic nitrogens is 1. The van der Waals surface area contributed by atoms with E-state index in [0.717, 1.165) is 22.3 Å². The van der Waals surface area contributed by atoms with Crippen LogP contribution >= 0.6 is 23.2 Å². The van der Waals surface area contributed by atoms with Crippen LogP contribution in [-0.2, 0) is 24.6 Å². The molecule has 4 aromatic rings. The molecular formula is C38H42Cl2N4O8. The van der Waals surface area contributed by atoms with Crippen LogP contribution in [0.3, 0.4) is 0 Å². The molecule has 4 rings (SSSR count). The molecule has 0 amide bonds. The summed E-state index contributed by atoms with van der Waals surface area (Å²) in [6.07, 6.45) is 3.67. The first-order valence-corrected chi connectivity index (χ1v) is 17.3. The van der Waals surface area contributed by atoms with E-state index in [1.807, 2.05) is 43.3 Å². The number of nitrogens with one attached hydrogen (secondary N) is 2. The summed E-state index contributed by atoms with van der Waals surface area (Å²) in [7, 11) is 0. The van der Waals surface area contributed by atoms with Gasteiger partial charge in [-0.25, -0.2) is 0 Å². The number of ether oxygens (including phenoxy) is 3. The number of benzene rings is 3. The van der Waals surface area contributed by atoms with Gasteiger partial charge in [0, 0.05) is 41.7 Å². The van der Waals surface area contributed by atoms with Gasteiger partial charge in [0.2, 0.25) is 0 Å². The highest BCUT2D eigenvalue weighted by molar-refractivity contribution is 6.35. The maximum absolute atomic E-state index is 11.8. The number of carboxylic acid groups (broad SMARTS) is 1. The summed E-state index contributed by atoms with van der Waals surface area (Å²) in [4.78, 5) is 15.9. The molecule has 0 aliphatic carbocycles. The van der Waals surface area contributed by atoms with Crippen molar-refractivity contribution in [2.75, 3.05) is 33.0 Å². The van der Waals surface area contributed by atoms with Crippen molar-refractivity contribution in [2.45, 2.75) is 51.6 Å². The Labute approximate surface area is 312 Å². The molecule has 14 heteroatoms. The van der Waals surface area contributed by atoms with E-state index in [1.54, 1.807) is 30.5 Å². The fourth-order valence-corrected chi connectivity index (χ4v) is 5.63. The maximum atomic E-state index is 11.8. The number of nitrogens with zero attached hydrogens (tertiary/aromatic N) is 2. The molecule has 1 atom stereocenters. The monoisotopic (exact) mass is 752 g/mol. The molecule has 1 aromatic heterocycles. The number of hydrogen-bond donors (Lipinski definition) is 6. The second-order valence-electron chi connectivity index (χ2n) is 12.2. The number of aliphatic carboxylic acids is 1. The zero-order valence-electron chi connectivity index (χ0n) is 28.9. The highest BCUT2D eigenvalue weighted by Gasteiger charge is 2.32. The molecule has 6 N–H and O–H groups in total. The van der Waals surface area contributed by atoms with E-state index in [0.29, 0.717) is 58.5 Å². The van der Waals surface area contributed by atoms with Crippen molar-refractivity contribution in [3.63, 3.8) is 0 Å². The van der Waals surface area contributed by atoms with Gasteiger partial charge in [0.25, 0.3) is 0 Å². The SMILES string of the molecule is Cc1c(COc2cc(OCc3cncc(C#N)c3)c(CNC(C)(CO)C(=O)O)cc2Cl)cccc1-c1cccc(OCCCNC(CO)CO)c1Cl. The number of nitriles is 1. The van der Waals surface area contributed by atoms with E-state index in [4.69, 9.17) is 37.4 Å². The molecule has 276 valence electrons. The van der Waals surface area contributed by atoms with Gasteiger partial charge in [-0.2, -0.15) is 5.26 Å². The fraction of sp³-hybridized carbons (Fsp3) is 0.342. The molecule has 0 aliphatic rings. The summed E-state index contributed by atoms with van der Waals surface area (Å²) in [5, 5.41) is 53.7. The third-order valence-corrected chi connectivity index (χ3v) is 9.11. The van der Waals surface area contributed by atoms with Crippen LogP contribution in [0.2, 0.25) is 10.0 Å². The largest absolute Gasteiger partial charge is 0.492 e. The molecule has 1 heterocycles. The summed E-state index contributed by atoms with van der Waals surface area (Å²) in [5.74, 6) is -0.00912. The Hall–Kier alpha value is -4.45. The summed E-state index contributed by atoms with van der Waals surface area (Å²) in [6.45, 7) is 3.55. The van der Waals surface area contributed by atoms with E-state index in [9.17, 15) is 30.5 Å². The second-order valence-corrected chi connectivity index (χ2v) is 13.0. The number of carboxylic acids is 1. The molecule has 0 spiro atoms. The summed E-state index contributed by atoms with van der Waals surface area (Å²) >= 11 is 13.5. The molecule has 0 fully saturated rings. The molecule has 3 aromatic carbocycles. The smallest absolute Gasteiger partial charge is 0.326 e. The minimum absolute atomic E-state index is 0.00462. The highest BCUT2D eigenvalue weighted by Crippen LogP contribution is 2.39. The lowest BCUT2D eigenvalue weighted by molar-refractivity contribution is -0.145. The van der Waals surface area contributed by atoms with Gasteiger partial charge in [0.15, 0.2) is 0 Å². The van der Waals surface area contributed by atoms with Crippen LogP contribution in [0.15, 0.2) is 67.0 Å². The predicted octanol–water partition coefficient (Wildman–Crippen LogP) is 5.03. The van der Waals surface area contributed by atoms with Gasteiger partial charge in [-0.1, -0.05) is 53.5 Å². The van der Waals surface area contributed by atoms with E-state index < -0.39 is 18.1 Å². The van der Waals surface area contributed by atoms with Gasteiger partial charge in [-0.05, 0) is 61.7 Å². The van der Waals surface area contributed by atoms with Gasteiger partial charge in [-0.15, -0.1) is 0 Å². The number of carbonyl (C=O) groups is 1. The van der Waals surface area contributed by atoms with Gasteiger partial charge in [0.05, 0.1) is 48.1 Å². The Kier molecular flexibility index (Phi) is 15.0. The molecule has 0 radical (unpaired) electrons. The van der Waals surface area contributed by atoms with E-state index in [2.05, 4.69) is 15.6 Å². The first-order valence-electron chi connectivity index (χ1n) is 16.5. The van der Waals surface area contributed by atoms with Crippen LogP contribution in [0.4, 0.5) is 0 Å². The van der Waals surface area contributed by atoms with Crippen LogP contribution < -0.4 is 24.8 Å². The highest BCUT2D eigenvalue weighted by atomic mass is 35.5. The Morgan fingerprint density at radius 2 is 1.67 bits per heavy atom. The number of pyridine rings is 1. The first-order chi connectivity index (χ1) is 25.0. The molecule has 0 saturated carbocycles. The van der Waals surface area contributed by atoms with Crippen LogP contribution in [0.1, 0.15) is 41.2 Å². The molecular weight excluding hydrogens is 711 g/mol. The van der Waals surface area contributed by atoms with Crippen LogP contribution in [0.5, 0.6) is 17.2 Å². The topological polar surface area (TPSA) is 186 Å². The Morgan fingerprint density at radius 1 is 0.942 bits per heavy atom. The van der Waals surface area contributed by atoms with Gasteiger partial charge < -0.3 is 40.0 Å². The molecule has 0 bridgehead atoms. The Bertz CT molecular complexity index is 1870. The molecule has 1 unspecified atom stereocenters. The zero-order chi connectivity index (χ0) is 37.7. The van der Waals surface area contributed by atoms with Crippen LogP contribution in [0.25, 0.3) is 11.1 Å². The molecule has 0 aliphatic heterocycles.